The fourth-order valence-corrected chi connectivity index (χ4v) is 2.15. The number of ether oxygens (including phenoxy) is 2. The van der Waals surface area contributed by atoms with Gasteiger partial charge in [0.1, 0.15) is 6.61 Å². The lowest BCUT2D eigenvalue weighted by Crippen LogP contribution is -2.06. The lowest BCUT2D eigenvalue weighted by Gasteiger charge is -2.11. The highest BCUT2D eigenvalue weighted by atomic mass is 32.1. The minimum absolute atomic E-state index is 0.461. The third-order valence-electron chi connectivity index (χ3n) is 2.47. The zero-order valence-corrected chi connectivity index (χ0v) is 11.3. The van der Waals surface area contributed by atoms with Gasteiger partial charge in [-0.15, -0.1) is 11.3 Å². The minimum atomic E-state index is 0.461. The number of rotatable bonds is 6. The molecular weight excluding hydrogens is 248 g/mol. The van der Waals surface area contributed by atoms with Crippen molar-refractivity contribution in [2.75, 3.05) is 14.2 Å². The number of thiazole rings is 1. The fraction of sp³-hybridized carbons (Fsp3) is 0.308. The molecule has 0 atom stereocenters. The van der Waals surface area contributed by atoms with Gasteiger partial charge in [0.2, 0.25) is 0 Å². The van der Waals surface area contributed by atoms with Crippen LogP contribution in [0.2, 0.25) is 0 Å². The van der Waals surface area contributed by atoms with Gasteiger partial charge in [-0.25, -0.2) is 4.98 Å². The van der Waals surface area contributed by atoms with Crippen molar-refractivity contribution in [2.24, 2.45) is 0 Å². The Morgan fingerprint density at radius 2 is 2.22 bits per heavy atom. The number of benzene rings is 1. The molecule has 2 aromatic rings. The van der Waals surface area contributed by atoms with Gasteiger partial charge in [-0.3, -0.25) is 0 Å². The summed E-state index contributed by atoms with van der Waals surface area (Å²) in [6.07, 6.45) is 0. The molecule has 0 saturated heterocycles. The molecular formula is C13H16N2O2S. The third-order valence-corrected chi connectivity index (χ3v) is 3.10. The summed E-state index contributed by atoms with van der Waals surface area (Å²) in [5.74, 6) is 1.49. The van der Waals surface area contributed by atoms with E-state index in [2.05, 4.69) is 10.3 Å². The predicted molar refractivity (Wildman–Crippen MR) is 72.2 cm³/mol. The third kappa shape index (κ3) is 3.21. The Bertz CT molecular complexity index is 486. The summed E-state index contributed by atoms with van der Waals surface area (Å²) < 4.78 is 11.0. The van der Waals surface area contributed by atoms with Crippen LogP contribution in [0.5, 0.6) is 11.5 Å². The number of hydrogen-bond acceptors (Lipinski definition) is 5. The second-order valence-electron chi connectivity index (χ2n) is 3.78. The van der Waals surface area contributed by atoms with Crippen LogP contribution in [0.15, 0.2) is 29.1 Å². The van der Waals surface area contributed by atoms with E-state index >= 15 is 0 Å². The van der Waals surface area contributed by atoms with Crippen LogP contribution in [0.1, 0.15) is 11.3 Å². The average Bonchev–Trinajstić information content (AvgIpc) is 2.90. The molecule has 1 N–H and O–H groups in total. The highest BCUT2D eigenvalue weighted by molar-refractivity contribution is 7.07. The second kappa shape index (κ2) is 6.37. The predicted octanol–water partition coefficient (Wildman–Crippen LogP) is 2.45. The standard InChI is InChI=1S/C13H16N2O2S/c1-14-6-10-3-4-12(16-2)13(5-10)17-7-11-8-18-9-15-11/h3-5,8-9,14H,6-7H2,1-2H3. The Morgan fingerprint density at radius 1 is 1.33 bits per heavy atom. The topological polar surface area (TPSA) is 43.4 Å². The molecule has 0 bridgehead atoms. The fourth-order valence-electron chi connectivity index (χ4n) is 1.61. The Balaban J connectivity index is 2.10. The summed E-state index contributed by atoms with van der Waals surface area (Å²) in [5.41, 5.74) is 3.89. The number of hydrogen-bond donors (Lipinski definition) is 1. The lowest BCUT2D eigenvalue weighted by molar-refractivity contribution is 0.281. The van der Waals surface area contributed by atoms with Crippen LogP contribution in [-0.2, 0) is 13.2 Å². The van der Waals surface area contributed by atoms with Crippen molar-refractivity contribution >= 4 is 11.3 Å². The molecule has 0 aliphatic carbocycles. The number of methoxy groups -OCH3 is 1. The van der Waals surface area contributed by atoms with Crippen molar-refractivity contribution in [3.8, 4) is 11.5 Å². The second-order valence-corrected chi connectivity index (χ2v) is 4.50. The number of nitrogens with one attached hydrogen (secondary N) is 1. The first-order valence-corrected chi connectivity index (χ1v) is 6.59. The molecule has 0 radical (unpaired) electrons. The van der Waals surface area contributed by atoms with Gasteiger partial charge in [-0.2, -0.15) is 0 Å². The van der Waals surface area contributed by atoms with Gasteiger partial charge >= 0.3 is 0 Å². The van der Waals surface area contributed by atoms with E-state index in [4.69, 9.17) is 9.47 Å². The summed E-state index contributed by atoms with van der Waals surface area (Å²) in [6.45, 7) is 1.26. The molecule has 1 heterocycles. The summed E-state index contributed by atoms with van der Waals surface area (Å²) in [7, 11) is 3.56. The summed E-state index contributed by atoms with van der Waals surface area (Å²) in [6, 6.07) is 5.93. The van der Waals surface area contributed by atoms with E-state index in [0.29, 0.717) is 6.61 Å². The maximum absolute atomic E-state index is 5.75. The summed E-state index contributed by atoms with van der Waals surface area (Å²) in [4.78, 5) is 4.19. The maximum atomic E-state index is 5.75. The zero-order chi connectivity index (χ0) is 12.8. The Hall–Kier alpha value is -1.59. The Labute approximate surface area is 111 Å². The van der Waals surface area contributed by atoms with Crippen LogP contribution in [0.3, 0.4) is 0 Å². The zero-order valence-electron chi connectivity index (χ0n) is 10.5. The minimum Gasteiger partial charge on any atom is -0.493 e. The average molecular weight is 264 g/mol. The quantitative estimate of drug-likeness (QED) is 0.870. The van der Waals surface area contributed by atoms with E-state index in [1.165, 1.54) is 0 Å². The Kier molecular flexibility index (Phi) is 4.55. The molecule has 18 heavy (non-hydrogen) atoms. The van der Waals surface area contributed by atoms with E-state index < -0.39 is 0 Å². The van der Waals surface area contributed by atoms with E-state index in [1.54, 1.807) is 24.0 Å². The molecule has 1 aromatic heterocycles. The molecule has 4 nitrogen and oxygen atoms in total. The van der Waals surface area contributed by atoms with Crippen LogP contribution in [0.4, 0.5) is 0 Å². The first-order valence-electron chi connectivity index (χ1n) is 5.65. The van der Waals surface area contributed by atoms with Crippen LogP contribution in [0.25, 0.3) is 0 Å². The van der Waals surface area contributed by atoms with Gasteiger partial charge in [0.15, 0.2) is 11.5 Å². The van der Waals surface area contributed by atoms with E-state index in [0.717, 1.165) is 29.3 Å². The highest BCUT2D eigenvalue weighted by Crippen LogP contribution is 2.28. The molecule has 0 unspecified atom stereocenters. The van der Waals surface area contributed by atoms with Gasteiger partial charge in [0.05, 0.1) is 18.3 Å². The van der Waals surface area contributed by atoms with Crippen molar-refractivity contribution in [3.05, 3.63) is 40.3 Å². The van der Waals surface area contributed by atoms with E-state index in [-0.39, 0.29) is 0 Å². The lowest BCUT2D eigenvalue weighted by atomic mass is 10.2. The van der Waals surface area contributed by atoms with Crippen molar-refractivity contribution in [1.29, 1.82) is 0 Å². The van der Waals surface area contributed by atoms with Crippen molar-refractivity contribution in [2.45, 2.75) is 13.2 Å². The number of aromatic nitrogens is 1. The van der Waals surface area contributed by atoms with Crippen LogP contribution >= 0.6 is 11.3 Å². The molecule has 0 aliphatic rings. The monoisotopic (exact) mass is 264 g/mol. The molecule has 5 heteroatoms. The van der Waals surface area contributed by atoms with Crippen molar-refractivity contribution in [3.63, 3.8) is 0 Å². The molecule has 2 rings (SSSR count). The molecule has 0 amide bonds. The van der Waals surface area contributed by atoms with Crippen LogP contribution in [0, 0.1) is 0 Å². The van der Waals surface area contributed by atoms with Gasteiger partial charge in [-0.1, -0.05) is 6.07 Å². The van der Waals surface area contributed by atoms with Gasteiger partial charge in [-0.05, 0) is 24.7 Å². The normalized spacial score (nSPS) is 10.3. The van der Waals surface area contributed by atoms with E-state index in [9.17, 15) is 0 Å². The molecule has 0 spiro atoms. The SMILES string of the molecule is CNCc1ccc(OC)c(OCc2cscn2)c1. The molecule has 0 aliphatic heterocycles. The van der Waals surface area contributed by atoms with Crippen LogP contribution < -0.4 is 14.8 Å². The van der Waals surface area contributed by atoms with E-state index in [1.807, 2.05) is 30.6 Å². The maximum Gasteiger partial charge on any atom is 0.162 e. The molecule has 0 saturated carbocycles. The van der Waals surface area contributed by atoms with Gasteiger partial charge in [0.25, 0.3) is 0 Å². The summed E-state index contributed by atoms with van der Waals surface area (Å²) in [5, 5.41) is 5.09. The Morgan fingerprint density at radius 3 is 2.89 bits per heavy atom. The molecule has 0 fully saturated rings. The van der Waals surface area contributed by atoms with Gasteiger partial charge in [0, 0.05) is 11.9 Å². The smallest absolute Gasteiger partial charge is 0.162 e. The number of nitrogens with zero attached hydrogens (tertiary/aromatic N) is 1. The summed E-state index contributed by atoms with van der Waals surface area (Å²) >= 11 is 1.56. The largest absolute Gasteiger partial charge is 0.493 e. The first-order chi connectivity index (χ1) is 8.83. The van der Waals surface area contributed by atoms with Gasteiger partial charge < -0.3 is 14.8 Å². The molecule has 96 valence electrons. The molecule has 1 aromatic carbocycles. The van der Waals surface area contributed by atoms with Crippen LogP contribution in [-0.4, -0.2) is 19.1 Å². The van der Waals surface area contributed by atoms with Crippen molar-refractivity contribution in [1.82, 2.24) is 10.3 Å². The van der Waals surface area contributed by atoms with Crippen molar-refractivity contribution < 1.29 is 9.47 Å². The highest BCUT2D eigenvalue weighted by Gasteiger charge is 2.06. The first kappa shape index (κ1) is 12.9.